The van der Waals surface area contributed by atoms with Crippen molar-refractivity contribution in [1.82, 2.24) is 10.6 Å². The molecule has 0 spiro atoms. The maximum atomic E-state index is 13.5. The van der Waals surface area contributed by atoms with Gasteiger partial charge in [0, 0.05) is 17.2 Å². The molecule has 1 aromatic carbocycles. The lowest BCUT2D eigenvalue weighted by atomic mass is 10.1. The summed E-state index contributed by atoms with van der Waals surface area (Å²) < 4.78 is 26.3. The standard InChI is InChI=1S/C14H20F2N2O/c1-9(11-6-5-10(15)7-12(11)16)18-13(19)8-17-14(2,3)4/h5-7,9,17H,8H2,1-4H3,(H,18,19)/t9-/m1/s1. The van der Waals surface area contributed by atoms with Crippen molar-refractivity contribution in [3.63, 3.8) is 0 Å². The Hall–Kier alpha value is -1.49. The lowest BCUT2D eigenvalue weighted by Crippen LogP contribution is -2.43. The van der Waals surface area contributed by atoms with Gasteiger partial charge in [-0.25, -0.2) is 8.78 Å². The zero-order valence-electron chi connectivity index (χ0n) is 11.7. The molecule has 1 atom stereocenters. The molecule has 2 N–H and O–H groups in total. The minimum atomic E-state index is -0.656. The van der Waals surface area contributed by atoms with Gasteiger partial charge in [0.1, 0.15) is 11.6 Å². The van der Waals surface area contributed by atoms with Crippen molar-refractivity contribution in [3.8, 4) is 0 Å². The number of hydrogen-bond acceptors (Lipinski definition) is 2. The highest BCUT2D eigenvalue weighted by Crippen LogP contribution is 2.17. The fourth-order valence-electron chi connectivity index (χ4n) is 1.57. The minimum Gasteiger partial charge on any atom is -0.348 e. The molecule has 0 aliphatic rings. The van der Waals surface area contributed by atoms with Crippen molar-refractivity contribution < 1.29 is 13.6 Å². The minimum absolute atomic E-state index is 0.149. The Morgan fingerprint density at radius 3 is 2.47 bits per heavy atom. The summed E-state index contributed by atoms with van der Waals surface area (Å²) in [6, 6.07) is 2.82. The van der Waals surface area contributed by atoms with Gasteiger partial charge in [-0.05, 0) is 33.8 Å². The number of rotatable bonds is 4. The van der Waals surface area contributed by atoms with Crippen LogP contribution >= 0.6 is 0 Å². The molecule has 0 fully saturated rings. The highest BCUT2D eigenvalue weighted by molar-refractivity contribution is 5.78. The molecular weight excluding hydrogens is 250 g/mol. The third kappa shape index (κ3) is 5.34. The number of benzene rings is 1. The van der Waals surface area contributed by atoms with Crippen LogP contribution < -0.4 is 10.6 Å². The van der Waals surface area contributed by atoms with Gasteiger partial charge in [-0.2, -0.15) is 0 Å². The molecule has 0 radical (unpaired) electrons. The van der Waals surface area contributed by atoms with Gasteiger partial charge in [0.15, 0.2) is 0 Å². The number of carbonyl (C=O) groups excluding carboxylic acids is 1. The Labute approximate surface area is 112 Å². The Kier molecular flexibility index (Phi) is 5.00. The molecule has 0 aromatic heterocycles. The van der Waals surface area contributed by atoms with Crippen LogP contribution in [-0.4, -0.2) is 18.0 Å². The summed E-state index contributed by atoms with van der Waals surface area (Å²) in [5.41, 5.74) is 0.104. The van der Waals surface area contributed by atoms with E-state index < -0.39 is 17.7 Å². The second kappa shape index (κ2) is 6.10. The van der Waals surface area contributed by atoms with E-state index in [-0.39, 0.29) is 23.6 Å². The van der Waals surface area contributed by atoms with Crippen molar-refractivity contribution >= 4 is 5.91 Å². The number of carbonyl (C=O) groups is 1. The SMILES string of the molecule is C[C@@H](NC(=O)CNC(C)(C)C)c1ccc(F)cc1F. The molecule has 0 heterocycles. The predicted octanol–water partition coefficient (Wildman–Crippen LogP) is 2.53. The van der Waals surface area contributed by atoms with Gasteiger partial charge in [0.05, 0.1) is 12.6 Å². The lowest BCUT2D eigenvalue weighted by Gasteiger charge is -2.21. The van der Waals surface area contributed by atoms with Crippen LogP contribution in [0.25, 0.3) is 0 Å². The van der Waals surface area contributed by atoms with Gasteiger partial charge in [-0.15, -0.1) is 0 Å². The highest BCUT2D eigenvalue weighted by atomic mass is 19.1. The van der Waals surface area contributed by atoms with Crippen molar-refractivity contribution in [2.75, 3.05) is 6.54 Å². The molecule has 1 rings (SSSR count). The van der Waals surface area contributed by atoms with Gasteiger partial charge in [0.2, 0.25) is 5.91 Å². The van der Waals surface area contributed by atoms with E-state index in [9.17, 15) is 13.6 Å². The van der Waals surface area contributed by atoms with Gasteiger partial charge in [-0.1, -0.05) is 6.07 Å². The summed E-state index contributed by atoms with van der Waals surface area (Å²) in [5.74, 6) is -1.52. The number of amides is 1. The Morgan fingerprint density at radius 2 is 1.95 bits per heavy atom. The van der Waals surface area contributed by atoms with Crippen LogP contribution in [0, 0.1) is 11.6 Å². The van der Waals surface area contributed by atoms with Crippen LogP contribution in [0.1, 0.15) is 39.3 Å². The second-order valence-electron chi connectivity index (χ2n) is 5.56. The highest BCUT2D eigenvalue weighted by Gasteiger charge is 2.16. The summed E-state index contributed by atoms with van der Waals surface area (Å²) in [6.45, 7) is 7.65. The zero-order valence-corrected chi connectivity index (χ0v) is 11.7. The van der Waals surface area contributed by atoms with Gasteiger partial charge in [-0.3, -0.25) is 4.79 Å². The van der Waals surface area contributed by atoms with Crippen molar-refractivity contribution in [1.29, 1.82) is 0 Å². The van der Waals surface area contributed by atoms with Crippen LogP contribution in [0.4, 0.5) is 8.78 Å². The van der Waals surface area contributed by atoms with Crippen molar-refractivity contribution in [3.05, 3.63) is 35.4 Å². The molecule has 3 nitrogen and oxygen atoms in total. The van der Waals surface area contributed by atoms with E-state index in [0.717, 1.165) is 6.07 Å². The molecule has 19 heavy (non-hydrogen) atoms. The predicted molar refractivity (Wildman–Crippen MR) is 70.7 cm³/mol. The first-order valence-corrected chi connectivity index (χ1v) is 6.18. The summed E-state index contributed by atoms with van der Waals surface area (Å²) in [7, 11) is 0. The second-order valence-corrected chi connectivity index (χ2v) is 5.56. The first-order valence-electron chi connectivity index (χ1n) is 6.18. The van der Waals surface area contributed by atoms with Crippen molar-refractivity contribution in [2.24, 2.45) is 0 Å². The van der Waals surface area contributed by atoms with Gasteiger partial charge < -0.3 is 10.6 Å². The maximum Gasteiger partial charge on any atom is 0.234 e. The van der Waals surface area contributed by atoms with E-state index in [1.165, 1.54) is 12.1 Å². The molecular formula is C14H20F2N2O. The van der Waals surface area contributed by atoms with E-state index in [2.05, 4.69) is 10.6 Å². The molecule has 1 amide bonds. The van der Waals surface area contributed by atoms with Crippen LogP contribution in [0.5, 0.6) is 0 Å². The number of nitrogens with one attached hydrogen (secondary N) is 2. The maximum absolute atomic E-state index is 13.5. The first kappa shape index (κ1) is 15.6. The van der Waals surface area contributed by atoms with E-state index in [4.69, 9.17) is 0 Å². The third-order valence-corrected chi connectivity index (χ3v) is 2.59. The third-order valence-electron chi connectivity index (χ3n) is 2.59. The largest absolute Gasteiger partial charge is 0.348 e. The normalized spacial score (nSPS) is 13.2. The van der Waals surface area contributed by atoms with Crippen LogP contribution in [0.15, 0.2) is 18.2 Å². The van der Waals surface area contributed by atoms with Gasteiger partial charge in [0.25, 0.3) is 0 Å². The Balaban J connectivity index is 2.59. The Morgan fingerprint density at radius 1 is 1.32 bits per heavy atom. The van der Waals surface area contributed by atoms with E-state index >= 15 is 0 Å². The van der Waals surface area contributed by atoms with Gasteiger partial charge >= 0.3 is 0 Å². The summed E-state index contributed by atoms with van der Waals surface area (Å²) in [5, 5.41) is 5.70. The average Bonchev–Trinajstić information content (AvgIpc) is 2.25. The molecule has 5 heteroatoms. The van der Waals surface area contributed by atoms with E-state index in [1.54, 1.807) is 6.92 Å². The molecule has 0 aliphatic carbocycles. The van der Waals surface area contributed by atoms with Crippen LogP contribution in [0.2, 0.25) is 0 Å². The smallest absolute Gasteiger partial charge is 0.234 e. The lowest BCUT2D eigenvalue weighted by molar-refractivity contribution is -0.121. The molecule has 0 unspecified atom stereocenters. The Bertz CT molecular complexity index is 455. The van der Waals surface area contributed by atoms with Crippen molar-refractivity contribution in [2.45, 2.75) is 39.3 Å². The summed E-state index contributed by atoms with van der Waals surface area (Å²) in [6.07, 6.45) is 0. The monoisotopic (exact) mass is 270 g/mol. The van der Waals surface area contributed by atoms with Crippen LogP contribution in [-0.2, 0) is 4.79 Å². The fraction of sp³-hybridized carbons (Fsp3) is 0.500. The molecule has 0 saturated heterocycles. The molecule has 106 valence electrons. The summed E-state index contributed by atoms with van der Waals surface area (Å²) >= 11 is 0. The molecule has 0 bridgehead atoms. The zero-order chi connectivity index (χ0) is 14.6. The molecule has 1 aromatic rings. The number of halogens is 2. The topological polar surface area (TPSA) is 41.1 Å². The average molecular weight is 270 g/mol. The molecule has 0 saturated carbocycles. The molecule has 0 aliphatic heterocycles. The number of hydrogen-bond donors (Lipinski definition) is 2. The quantitative estimate of drug-likeness (QED) is 0.882. The van der Waals surface area contributed by atoms with E-state index in [1.807, 2.05) is 20.8 Å². The first-order chi connectivity index (χ1) is 8.69. The van der Waals surface area contributed by atoms with Crippen LogP contribution in [0.3, 0.4) is 0 Å². The summed E-state index contributed by atoms with van der Waals surface area (Å²) in [4.78, 5) is 11.7. The van der Waals surface area contributed by atoms with E-state index in [0.29, 0.717) is 0 Å². The fourth-order valence-corrected chi connectivity index (χ4v) is 1.57.